The zero-order valence-electron chi connectivity index (χ0n) is 12.6. The quantitative estimate of drug-likeness (QED) is 0.751. The van der Waals surface area contributed by atoms with Gasteiger partial charge in [0.1, 0.15) is 0 Å². The van der Waals surface area contributed by atoms with Crippen molar-refractivity contribution in [1.29, 1.82) is 0 Å². The number of rotatable bonds is 7. The Balaban J connectivity index is 1.89. The van der Waals surface area contributed by atoms with Crippen molar-refractivity contribution in [3.8, 4) is 0 Å². The van der Waals surface area contributed by atoms with E-state index in [2.05, 4.69) is 29.3 Å². The molecule has 1 heterocycles. The molecule has 0 aromatic heterocycles. The Morgan fingerprint density at radius 3 is 2.65 bits per heavy atom. The van der Waals surface area contributed by atoms with E-state index in [0.29, 0.717) is 6.04 Å². The van der Waals surface area contributed by atoms with E-state index >= 15 is 0 Å². The molecule has 1 aromatic carbocycles. The highest BCUT2D eigenvalue weighted by molar-refractivity contribution is 5.22. The van der Waals surface area contributed by atoms with E-state index in [4.69, 9.17) is 5.11 Å². The summed E-state index contributed by atoms with van der Waals surface area (Å²) in [5.74, 6) is 0. The van der Waals surface area contributed by atoms with Crippen LogP contribution in [0.1, 0.15) is 43.7 Å². The summed E-state index contributed by atoms with van der Waals surface area (Å²) in [5.41, 5.74) is 2.35. The van der Waals surface area contributed by atoms with Crippen molar-refractivity contribution in [2.24, 2.45) is 0 Å². The molecule has 20 heavy (non-hydrogen) atoms. The van der Waals surface area contributed by atoms with Crippen molar-refractivity contribution in [2.45, 2.75) is 51.8 Å². The fraction of sp³-hybridized carbons (Fsp3) is 0.647. The number of benzene rings is 1. The molecule has 1 unspecified atom stereocenters. The standard InChI is InChI=1S/C17H28N2O/c1-2-10-18-12-17-5-3-4-11-19(17)13-15-6-8-16(14-20)9-7-15/h6-9,17-18,20H,2-5,10-14H2,1H3. The van der Waals surface area contributed by atoms with Crippen LogP contribution in [0.2, 0.25) is 0 Å². The van der Waals surface area contributed by atoms with E-state index in [1.54, 1.807) is 0 Å². The molecule has 0 saturated carbocycles. The molecule has 2 rings (SSSR count). The van der Waals surface area contributed by atoms with Crippen LogP contribution in [-0.2, 0) is 13.2 Å². The Hall–Kier alpha value is -0.900. The summed E-state index contributed by atoms with van der Waals surface area (Å²) in [5, 5.41) is 12.7. The first-order chi connectivity index (χ1) is 9.83. The summed E-state index contributed by atoms with van der Waals surface area (Å²) in [4.78, 5) is 2.61. The molecule has 0 amide bonds. The number of likely N-dealkylation sites (tertiary alicyclic amines) is 1. The lowest BCUT2D eigenvalue weighted by molar-refractivity contribution is 0.137. The zero-order chi connectivity index (χ0) is 14.2. The molecule has 2 N–H and O–H groups in total. The van der Waals surface area contributed by atoms with Gasteiger partial charge < -0.3 is 10.4 Å². The largest absolute Gasteiger partial charge is 0.392 e. The minimum atomic E-state index is 0.132. The van der Waals surface area contributed by atoms with E-state index in [1.807, 2.05) is 12.1 Å². The molecule has 0 aliphatic carbocycles. The van der Waals surface area contributed by atoms with Gasteiger partial charge in [0.15, 0.2) is 0 Å². The summed E-state index contributed by atoms with van der Waals surface area (Å²) in [7, 11) is 0. The van der Waals surface area contributed by atoms with Gasteiger partial charge in [-0.3, -0.25) is 4.90 Å². The number of piperidine rings is 1. The molecule has 0 bridgehead atoms. The number of hydrogen-bond donors (Lipinski definition) is 2. The summed E-state index contributed by atoms with van der Waals surface area (Å²) >= 11 is 0. The molecule has 112 valence electrons. The maximum atomic E-state index is 9.09. The summed E-state index contributed by atoms with van der Waals surface area (Å²) in [6.45, 7) is 6.82. The highest BCUT2D eigenvalue weighted by Gasteiger charge is 2.21. The lowest BCUT2D eigenvalue weighted by atomic mass is 10.0. The normalized spacial score (nSPS) is 20.2. The lowest BCUT2D eigenvalue weighted by Crippen LogP contribution is -2.45. The molecule has 1 aliphatic heterocycles. The molecule has 1 aromatic rings. The molecule has 3 heteroatoms. The molecule has 1 atom stereocenters. The second kappa shape index (κ2) is 8.40. The Bertz CT molecular complexity index is 377. The van der Waals surface area contributed by atoms with Crippen LogP contribution in [0.15, 0.2) is 24.3 Å². The van der Waals surface area contributed by atoms with Gasteiger partial charge >= 0.3 is 0 Å². The minimum Gasteiger partial charge on any atom is -0.392 e. The summed E-state index contributed by atoms with van der Waals surface area (Å²) in [6, 6.07) is 9.04. The molecule has 1 aliphatic rings. The number of aliphatic hydroxyl groups excluding tert-OH is 1. The second-order valence-corrected chi connectivity index (χ2v) is 5.80. The van der Waals surface area contributed by atoms with Crippen LogP contribution in [0, 0.1) is 0 Å². The van der Waals surface area contributed by atoms with Crippen molar-refractivity contribution in [3.05, 3.63) is 35.4 Å². The highest BCUT2D eigenvalue weighted by atomic mass is 16.3. The van der Waals surface area contributed by atoms with E-state index in [-0.39, 0.29) is 6.61 Å². The van der Waals surface area contributed by atoms with Gasteiger partial charge in [-0.1, -0.05) is 37.6 Å². The van der Waals surface area contributed by atoms with E-state index in [0.717, 1.165) is 25.2 Å². The van der Waals surface area contributed by atoms with Crippen LogP contribution < -0.4 is 5.32 Å². The molecule has 0 radical (unpaired) electrons. The van der Waals surface area contributed by atoms with E-state index in [9.17, 15) is 0 Å². The maximum Gasteiger partial charge on any atom is 0.0681 e. The minimum absolute atomic E-state index is 0.132. The maximum absolute atomic E-state index is 9.09. The molecular weight excluding hydrogens is 248 g/mol. The average molecular weight is 276 g/mol. The van der Waals surface area contributed by atoms with Crippen LogP contribution >= 0.6 is 0 Å². The molecule has 1 fully saturated rings. The van der Waals surface area contributed by atoms with E-state index < -0.39 is 0 Å². The van der Waals surface area contributed by atoms with E-state index in [1.165, 1.54) is 37.8 Å². The van der Waals surface area contributed by atoms with Gasteiger partial charge in [-0.05, 0) is 43.5 Å². The SMILES string of the molecule is CCCNCC1CCCCN1Cc1ccc(CO)cc1. The first-order valence-corrected chi connectivity index (χ1v) is 7.97. The van der Waals surface area contributed by atoms with Crippen LogP contribution in [0.25, 0.3) is 0 Å². The van der Waals surface area contributed by atoms with Crippen LogP contribution in [0.4, 0.5) is 0 Å². The van der Waals surface area contributed by atoms with Gasteiger partial charge in [0.05, 0.1) is 6.61 Å². The van der Waals surface area contributed by atoms with Crippen LogP contribution in [0.5, 0.6) is 0 Å². The van der Waals surface area contributed by atoms with Crippen molar-refractivity contribution >= 4 is 0 Å². The third-order valence-corrected chi connectivity index (χ3v) is 4.15. The second-order valence-electron chi connectivity index (χ2n) is 5.80. The van der Waals surface area contributed by atoms with Crippen molar-refractivity contribution in [2.75, 3.05) is 19.6 Å². The van der Waals surface area contributed by atoms with Crippen LogP contribution in [-0.4, -0.2) is 35.7 Å². The van der Waals surface area contributed by atoms with Crippen molar-refractivity contribution in [1.82, 2.24) is 10.2 Å². The lowest BCUT2D eigenvalue weighted by Gasteiger charge is -2.36. The third kappa shape index (κ3) is 4.58. The predicted octanol–water partition coefficient (Wildman–Crippen LogP) is 2.53. The van der Waals surface area contributed by atoms with Gasteiger partial charge in [-0.2, -0.15) is 0 Å². The highest BCUT2D eigenvalue weighted by Crippen LogP contribution is 2.19. The summed E-state index contributed by atoms with van der Waals surface area (Å²) < 4.78 is 0. The first-order valence-electron chi connectivity index (χ1n) is 7.97. The van der Waals surface area contributed by atoms with Gasteiger partial charge in [0.25, 0.3) is 0 Å². The van der Waals surface area contributed by atoms with Crippen molar-refractivity contribution < 1.29 is 5.11 Å². The number of hydrogen-bond acceptors (Lipinski definition) is 3. The topological polar surface area (TPSA) is 35.5 Å². The Morgan fingerprint density at radius 1 is 1.20 bits per heavy atom. The molecule has 1 saturated heterocycles. The molecular formula is C17H28N2O. The van der Waals surface area contributed by atoms with Gasteiger partial charge in [-0.15, -0.1) is 0 Å². The fourth-order valence-electron chi connectivity index (χ4n) is 2.93. The van der Waals surface area contributed by atoms with Gasteiger partial charge in [0.2, 0.25) is 0 Å². The number of nitrogens with zero attached hydrogens (tertiary/aromatic N) is 1. The average Bonchev–Trinajstić information content (AvgIpc) is 2.50. The predicted molar refractivity (Wildman–Crippen MR) is 83.6 cm³/mol. The zero-order valence-corrected chi connectivity index (χ0v) is 12.6. The fourth-order valence-corrected chi connectivity index (χ4v) is 2.93. The number of aliphatic hydroxyl groups is 1. The molecule has 3 nitrogen and oxygen atoms in total. The Kier molecular flexibility index (Phi) is 6.51. The summed E-state index contributed by atoms with van der Waals surface area (Å²) in [6.07, 6.45) is 5.19. The first kappa shape index (κ1) is 15.5. The van der Waals surface area contributed by atoms with Gasteiger partial charge in [0, 0.05) is 19.1 Å². The van der Waals surface area contributed by atoms with Crippen LogP contribution in [0.3, 0.4) is 0 Å². The Morgan fingerprint density at radius 2 is 1.95 bits per heavy atom. The number of nitrogens with one attached hydrogen (secondary N) is 1. The van der Waals surface area contributed by atoms with Gasteiger partial charge in [-0.25, -0.2) is 0 Å². The monoisotopic (exact) mass is 276 g/mol. The Labute approximate surface area is 123 Å². The third-order valence-electron chi connectivity index (χ3n) is 4.15. The smallest absolute Gasteiger partial charge is 0.0681 e. The molecule has 0 spiro atoms. The van der Waals surface area contributed by atoms with Crippen molar-refractivity contribution in [3.63, 3.8) is 0 Å².